The fourth-order valence-electron chi connectivity index (χ4n) is 2.05. The molecule has 0 amide bonds. The Morgan fingerprint density at radius 3 is 3.12 bits per heavy atom. The zero-order valence-electron chi connectivity index (χ0n) is 9.06. The zero-order valence-corrected chi connectivity index (χ0v) is 9.06. The number of ether oxygens (including phenoxy) is 1. The van der Waals surface area contributed by atoms with Crippen LogP contribution >= 0.6 is 0 Å². The molecule has 0 saturated heterocycles. The van der Waals surface area contributed by atoms with Crippen LogP contribution < -0.4 is 4.90 Å². The summed E-state index contributed by atoms with van der Waals surface area (Å²) in [6.45, 7) is 1.15. The number of esters is 1. The summed E-state index contributed by atoms with van der Waals surface area (Å²) < 4.78 is 4.73. The Morgan fingerprint density at radius 2 is 2.44 bits per heavy atom. The Kier molecular flexibility index (Phi) is 2.78. The SMILES string of the molecule is COC(=O)c1cccc2c1CCN2CC#N. The average molecular weight is 216 g/mol. The topological polar surface area (TPSA) is 53.3 Å². The van der Waals surface area contributed by atoms with Gasteiger partial charge in [-0.05, 0) is 24.1 Å². The minimum Gasteiger partial charge on any atom is -0.465 e. The van der Waals surface area contributed by atoms with Gasteiger partial charge in [0.15, 0.2) is 0 Å². The van der Waals surface area contributed by atoms with Crippen molar-refractivity contribution in [3.8, 4) is 6.07 Å². The quantitative estimate of drug-likeness (QED) is 0.553. The van der Waals surface area contributed by atoms with E-state index in [2.05, 4.69) is 6.07 Å². The number of hydrogen-bond acceptors (Lipinski definition) is 4. The lowest BCUT2D eigenvalue weighted by Gasteiger charge is -2.15. The molecule has 0 N–H and O–H groups in total. The second-order valence-electron chi connectivity index (χ2n) is 3.62. The van der Waals surface area contributed by atoms with E-state index >= 15 is 0 Å². The first-order valence-corrected chi connectivity index (χ1v) is 5.10. The van der Waals surface area contributed by atoms with E-state index < -0.39 is 0 Å². The molecule has 1 heterocycles. The number of carbonyl (C=O) groups is 1. The maximum atomic E-state index is 11.5. The predicted octanol–water partition coefficient (Wildman–Crippen LogP) is 1.36. The number of anilines is 1. The van der Waals surface area contributed by atoms with Gasteiger partial charge in [0.1, 0.15) is 6.54 Å². The molecular formula is C12H12N2O2. The zero-order chi connectivity index (χ0) is 11.5. The molecule has 1 aromatic carbocycles. The van der Waals surface area contributed by atoms with Crippen LogP contribution in [0.4, 0.5) is 5.69 Å². The molecule has 0 saturated carbocycles. The molecule has 4 heteroatoms. The van der Waals surface area contributed by atoms with Gasteiger partial charge in [0, 0.05) is 12.2 Å². The van der Waals surface area contributed by atoms with Crippen LogP contribution in [0.1, 0.15) is 15.9 Å². The average Bonchev–Trinajstić information content (AvgIpc) is 2.72. The molecule has 0 radical (unpaired) electrons. The first-order chi connectivity index (χ1) is 7.77. The van der Waals surface area contributed by atoms with Gasteiger partial charge in [-0.1, -0.05) is 6.07 Å². The molecule has 0 atom stereocenters. The van der Waals surface area contributed by atoms with Crippen molar-refractivity contribution in [2.24, 2.45) is 0 Å². The highest BCUT2D eigenvalue weighted by molar-refractivity contribution is 5.93. The Hall–Kier alpha value is -2.02. The van der Waals surface area contributed by atoms with Crippen LogP contribution in [0.15, 0.2) is 18.2 Å². The smallest absolute Gasteiger partial charge is 0.338 e. The van der Waals surface area contributed by atoms with Crippen molar-refractivity contribution >= 4 is 11.7 Å². The first-order valence-electron chi connectivity index (χ1n) is 5.10. The highest BCUT2D eigenvalue weighted by atomic mass is 16.5. The van der Waals surface area contributed by atoms with Crippen molar-refractivity contribution in [1.82, 2.24) is 0 Å². The van der Waals surface area contributed by atoms with Crippen LogP contribution in [0.5, 0.6) is 0 Å². The van der Waals surface area contributed by atoms with Gasteiger partial charge in [-0.2, -0.15) is 5.26 Å². The summed E-state index contributed by atoms with van der Waals surface area (Å²) in [5, 5.41) is 8.69. The molecule has 1 aromatic rings. The molecule has 0 unspecified atom stereocenters. The summed E-state index contributed by atoms with van der Waals surface area (Å²) >= 11 is 0. The Balaban J connectivity index is 2.40. The van der Waals surface area contributed by atoms with E-state index in [4.69, 9.17) is 10.00 Å². The van der Waals surface area contributed by atoms with Crippen LogP contribution in [-0.2, 0) is 11.2 Å². The Bertz CT molecular complexity index is 463. The molecule has 1 aliphatic heterocycles. The normalized spacial score (nSPS) is 13.1. The van der Waals surface area contributed by atoms with Gasteiger partial charge in [0.05, 0.1) is 18.7 Å². The Morgan fingerprint density at radius 1 is 1.62 bits per heavy atom. The van der Waals surface area contributed by atoms with Gasteiger partial charge < -0.3 is 9.64 Å². The maximum absolute atomic E-state index is 11.5. The monoisotopic (exact) mass is 216 g/mol. The molecule has 0 spiro atoms. The summed E-state index contributed by atoms with van der Waals surface area (Å²) in [4.78, 5) is 13.5. The van der Waals surface area contributed by atoms with Crippen LogP contribution in [0.2, 0.25) is 0 Å². The van der Waals surface area contributed by atoms with Crippen molar-refractivity contribution in [1.29, 1.82) is 5.26 Å². The molecule has 0 aromatic heterocycles. The number of fused-ring (bicyclic) bond motifs is 1. The third-order valence-corrected chi connectivity index (χ3v) is 2.79. The summed E-state index contributed by atoms with van der Waals surface area (Å²) in [5.41, 5.74) is 2.58. The van der Waals surface area contributed by atoms with E-state index in [9.17, 15) is 4.79 Å². The third kappa shape index (κ3) is 1.61. The molecule has 2 rings (SSSR count). The summed E-state index contributed by atoms with van der Waals surface area (Å²) in [5.74, 6) is -0.310. The minimum atomic E-state index is -0.310. The molecular weight excluding hydrogens is 204 g/mol. The van der Waals surface area contributed by atoms with Crippen molar-refractivity contribution < 1.29 is 9.53 Å². The van der Waals surface area contributed by atoms with Gasteiger partial charge in [0.2, 0.25) is 0 Å². The lowest BCUT2D eigenvalue weighted by Crippen LogP contribution is -2.20. The van der Waals surface area contributed by atoms with E-state index in [1.165, 1.54) is 7.11 Å². The first kappa shape index (κ1) is 10.5. The lowest BCUT2D eigenvalue weighted by molar-refractivity contribution is 0.0600. The minimum absolute atomic E-state index is 0.310. The molecule has 4 nitrogen and oxygen atoms in total. The van der Waals surface area contributed by atoms with Gasteiger partial charge in [-0.3, -0.25) is 0 Å². The van der Waals surface area contributed by atoms with E-state index in [1.54, 1.807) is 6.07 Å². The predicted molar refractivity (Wildman–Crippen MR) is 59.3 cm³/mol. The summed E-state index contributed by atoms with van der Waals surface area (Å²) in [6, 6.07) is 7.64. The summed E-state index contributed by atoms with van der Waals surface area (Å²) in [7, 11) is 1.38. The number of rotatable bonds is 2. The standard InChI is InChI=1S/C12H12N2O2/c1-16-12(15)10-3-2-4-11-9(10)5-7-14(11)8-6-13/h2-4H,5,7-8H2,1H3. The molecule has 0 aliphatic carbocycles. The van der Waals surface area contributed by atoms with Crippen molar-refractivity contribution in [2.75, 3.05) is 25.1 Å². The van der Waals surface area contributed by atoms with E-state index in [0.717, 1.165) is 24.2 Å². The highest BCUT2D eigenvalue weighted by Gasteiger charge is 2.24. The van der Waals surface area contributed by atoms with Crippen LogP contribution in [0, 0.1) is 11.3 Å². The maximum Gasteiger partial charge on any atom is 0.338 e. The van der Waals surface area contributed by atoms with Crippen LogP contribution in [0.25, 0.3) is 0 Å². The van der Waals surface area contributed by atoms with Crippen LogP contribution in [0.3, 0.4) is 0 Å². The summed E-state index contributed by atoms with van der Waals surface area (Å²) in [6.07, 6.45) is 0.794. The van der Waals surface area contributed by atoms with Gasteiger partial charge in [-0.25, -0.2) is 4.79 Å². The van der Waals surface area contributed by atoms with E-state index in [-0.39, 0.29) is 5.97 Å². The number of benzene rings is 1. The van der Waals surface area contributed by atoms with Gasteiger partial charge in [-0.15, -0.1) is 0 Å². The number of nitrogens with zero attached hydrogens (tertiary/aromatic N) is 2. The highest BCUT2D eigenvalue weighted by Crippen LogP contribution is 2.30. The fourth-order valence-corrected chi connectivity index (χ4v) is 2.05. The molecule has 16 heavy (non-hydrogen) atoms. The van der Waals surface area contributed by atoms with Gasteiger partial charge >= 0.3 is 5.97 Å². The van der Waals surface area contributed by atoms with Crippen molar-refractivity contribution in [3.63, 3.8) is 0 Å². The fraction of sp³-hybridized carbons (Fsp3) is 0.333. The van der Waals surface area contributed by atoms with Crippen molar-refractivity contribution in [3.05, 3.63) is 29.3 Å². The number of hydrogen-bond donors (Lipinski definition) is 0. The molecule has 82 valence electrons. The number of nitriles is 1. The van der Waals surface area contributed by atoms with Gasteiger partial charge in [0.25, 0.3) is 0 Å². The molecule has 0 fully saturated rings. The molecule has 0 bridgehead atoms. The van der Waals surface area contributed by atoms with E-state index in [0.29, 0.717) is 12.1 Å². The van der Waals surface area contributed by atoms with E-state index in [1.807, 2.05) is 17.0 Å². The van der Waals surface area contributed by atoms with Crippen LogP contribution in [-0.4, -0.2) is 26.2 Å². The number of methoxy groups -OCH3 is 1. The van der Waals surface area contributed by atoms with Crippen molar-refractivity contribution in [2.45, 2.75) is 6.42 Å². The molecule has 1 aliphatic rings. The second kappa shape index (κ2) is 4.23. The lowest BCUT2D eigenvalue weighted by atomic mass is 10.1. The number of carbonyl (C=O) groups excluding carboxylic acids is 1. The second-order valence-corrected chi connectivity index (χ2v) is 3.62. The largest absolute Gasteiger partial charge is 0.465 e. The Labute approximate surface area is 94.0 Å². The third-order valence-electron chi connectivity index (χ3n) is 2.79.